The fourth-order valence-electron chi connectivity index (χ4n) is 2.53. The number of nitrogens with one attached hydrogen (secondary N) is 1. The minimum atomic E-state index is -0.623. The van der Waals surface area contributed by atoms with Gasteiger partial charge in [-0.3, -0.25) is 25.0 Å². The van der Waals surface area contributed by atoms with Gasteiger partial charge >= 0.3 is 0 Å². The highest BCUT2D eigenvalue weighted by Crippen LogP contribution is 2.31. The van der Waals surface area contributed by atoms with Crippen LogP contribution < -0.4 is 10.1 Å². The Kier molecular flexibility index (Phi) is 6.77. The molecule has 0 saturated carbocycles. The molecular weight excluding hydrogens is 430 g/mol. The Hall–Kier alpha value is -4.00. The van der Waals surface area contributed by atoms with Crippen molar-refractivity contribution in [2.75, 3.05) is 17.7 Å². The van der Waals surface area contributed by atoms with E-state index in [1.165, 1.54) is 36.4 Å². The van der Waals surface area contributed by atoms with Gasteiger partial charge < -0.3 is 14.5 Å². The number of benzene rings is 2. The number of thioether (sulfide) groups is 1. The first-order valence-corrected chi connectivity index (χ1v) is 9.78. The van der Waals surface area contributed by atoms with E-state index in [0.717, 1.165) is 11.8 Å². The van der Waals surface area contributed by atoms with Gasteiger partial charge in [-0.2, -0.15) is 0 Å². The van der Waals surface area contributed by atoms with Gasteiger partial charge in [0.05, 0.1) is 28.3 Å². The molecule has 0 fully saturated rings. The molecule has 0 unspecified atom stereocenters. The van der Waals surface area contributed by atoms with E-state index in [0.29, 0.717) is 12.4 Å². The van der Waals surface area contributed by atoms with E-state index in [1.807, 2.05) is 0 Å². The van der Waals surface area contributed by atoms with Crippen LogP contribution in [0.2, 0.25) is 0 Å². The second-order valence-electron chi connectivity index (χ2n) is 5.85. The molecule has 1 heterocycles. The smallest absolute Gasteiger partial charge is 0.296 e. The van der Waals surface area contributed by atoms with Crippen molar-refractivity contribution >= 4 is 34.7 Å². The largest absolute Gasteiger partial charge is 0.494 e. The maximum absolute atomic E-state index is 12.2. The molecule has 1 amide bonds. The third-order valence-electron chi connectivity index (χ3n) is 3.82. The number of para-hydroxylation sites is 1. The van der Waals surface area contributed by atoms with Crippen LogP contribution in [-0.4, -0.2) is 38.3 Å². The van der Waals surface area contributed by atoms with Crippen molar-refractivity contribution in [3.63, 3.8) is 0 Å². The number of carbonyl (C=O) groups is 1. The van der Waals surface area contributed by atoms with E-state index >= 15 is 0 Å². The Morgan fingerprint density at radius 2 is 1.87 bits per heavy atom. The lowest BCUT2D eigenvalue weighted by atomic mass is 10.2. The molecular formula is C18H15N5O7S. The number of carbonyl (C=O) groups excluding carboxylic acids is 1. The molecule has 0 atom stereocenters. The van der Waals surface area contributed by atoms with E-state index in [1.54, 1.807) is 13.0 Å². The number of ether oxygens (including phenoxy) is 1. The molecule has 0 aliphatic rings. The van der Waals surface area contributed by atoms with Gasteiger partial charge in [0.25, 0.3) is 22.5 Å². The van der Waals surface area contributed by atoms with E-state index in [9.17, 15) is 25.0 Å². The van der Waals surface area contributed by atoms with Crippen LogP contribution in [0, 0.1) is 20.2 Å². The van der Waals surface area contributed by atoms with Gasteiger partial charge in [0.1, 0.15) is 17.0 Å². The average Bonchev–Trinajstić information content (AvgIpc) is 3.22. The summed E-state index contributed by atoms with van der Waals surface area (Å²) in [7, 11) is 0. The normalized spacial score (nSPS) is 10.5. The van der Waals surface area contributed by atoms with Crippen LogP contribution in [-0.2, 0) is 4.79 Å². The molecule has 0 radical (unpaired) electrons. The predicted octanol–water partition coefficient (Wildman–Crippen LogP) is 3.68. The number of nitro benzene ring substituents is 2. The van der Waals surface area contributed by atoms with E-state index in [4.69, 9.17) is 9.15 Å². The number of aromatic nitrogens is 2. The number of hydrogen-bond acceptors (Lipinski definition) is 10. The summed E-state index contributed by atoms with van der Waals surface area (Å²) in [5.41, 5.74) is -0.324. The molecule has 3 aromatic rings. The zero-order valence-corrected chi connectivity index (χ0v) is 16.8. The lowest BCUT2D eigenvalue weighted by Crippen LogP contribution is -2.15. The summed E-state index contributed by atoms with van der Waals surface area (Å²) in [5, 5.41) is 32.4. The minimum absolute atomic E-state index is 0.0181. The fraction of sp³-hybridized carbons (Fsp3) is 0.167. The Morgan fingerprint density at radius 1 is 1.13 bits per heavy atom. The zero-order valence-electron chi connectivity index (χ0n) is 16.0. The summed E-state index contributed by atoms with van der Waals surface area (Å²) in [5.74, 6) is -0.460. The van der Waals surface area contributed by atoms with Gasteiger partial charge in [-0.1, -0.05) is 23.9 Å². The SMILES string of the molecule is CCOc1ccc(NC(=O)CSc2nnc(-c3ccccc3[N+](=O)[O-])o2)c([N+](=O)[O-])c1. The number of rotatable bonds is 9. The second-order valence-corrected chi connectivity index (χ2v) is 6.78. The molecule has 2 aromatic carbocycles. The highest BCUT2D eigenvalue weighted by Gasteiger charge is 2.21. The average molecular weight is 445 g/mol. The van der Waals surface area contributed by atoms with Crippen LogP contribution in [0.25, 0.3) is 11.5 Å². The summed E-state index contributed by atoms with van der Waals surface area (Å²) >= 11 is 0.886. The predicted molar refractivity (Wildman–Crippen MR) is 110 cm³/mol. The monoisotopic (exact) mass is 445 g/mol. The van der Waals surface area contributed by atoms with Gasteiger partial charge in [0.15, 0.2) is 0 Å². The Balaban J connectivity index is 1.66. The zero-order chi connectivity index (χ0) is 22.4. The van der Waals surface area contributed by atoms with Crippen molar-refractivity contribution in [2.45, 2.75) is 12.1 Å². The Bertz CT molecular complexity index is 1130. The second kappa shape index (κ2) is 9.67. The third kappa shape index (κ3) is 5.33. The molecule has 0 aliphatic carbocycles. The molecule has 0 bridgehead atoms. The summed E-state index contributed by atoms with van der Waals surface area (Å²) in [4.78, 5) is 33.4. The highest BCUT2D eigenvalue weighted by molar-refractivity contribution is 7.99. The molecule has 0 spiro atoms. The lowest BCUT2D eigenvalue weighted by molar-refractivity contribution is -0.384. The Labute approximate surface area is 178 Å². The van der Waals surface area contributed by atoms with Crippen LogP contribution in [0.5, 0.6) is 5.75 Å². The Morgan fingerprint density at radius 3 is 2.58 bits per heavy atom. The molecule has 1 aromatic heterocycles. The van der Waals surface area contributed by atoms with Gasteiger partial charge in [-0.05, 0) is 25.1 Å². The maximum atomic E-state index is 12.2. The first-order chi connectivity index (χ1) is 14.9. The van der Waals surface area contributed by atoms with Crippen LogP contribution in [0.1, 0.15) is 6.92 Å². The summed E-state index contributed by atoms with van der Waals surface area (Å²) in [6.45, 7) is 2.09. The molecule has 0 aliphatic heterocycles. The molecule has 3 rings (SSSR count). The summed E-state index contributed by atoms with van der Waals surface area (Å²) in [6, 6.07) is 10.0. The van der Waals surface area contributed by atoms with Gasteiger partial charge in [0, 0.05) is 6.07 Å². The van der Waals surface area contributed by atoms with E-state index < -0.39 is 15.8 Å². The fourth-order valence-corrected chi connectivity index (χ4v) is 3.09. The molecule has 12 nitrogen and oxygen atoms in total. The van der Waals surface area contributed by atoms with Crippen LogP contribution >= 0.6 is 11.8 Å². The standard InChI is InChI=1S/C18H15N5O7S/c1-2-29-11-7-8-13(15(9-11)23(27)28)19-16(24)10-31-18-21-20-17(30-18)12-5-3-4-6-14(12)22(25)26/h3-9H,2,10H2,1H3,(H,19,24). The number of nitro groups is 2. The number of amides is 1. The number of hydrogen-bond donors (Lipinski definition) is 1. The van der Waals surface area contributed by atoms with Gasteiger partial charge in [-0.15, -0.1) is 10.2 Å². The first-order valence-electron chi connectivity index (χ1n) is 8.80. The third-order valence-corrected chi connectivity index (χ3v) is 4.63. The molecule has 0 saturated heterocycles. The first kappa shape index (κ1) is 21.7. The van der Waals surface area contributed by atoms with Crippen LogP contribution in [0.4, 0.5) is 17.1 Å². The minimum Gasteiger partial charge on any atom is -0.494 e. The maximum Gasteiger partial charge on any atom is 0.296 e. The van der Waals surface area contributed by atoms with Crippen molar-refractivity contribution in [1.29, 1.82) is 0 Å². The summed E-state index contributed by atoms with van der Waals surface area (Å²) in [6.07, 6.45) is 0. The van der Waals surface area contributed by atoms with Gasteiger partial charge in [-0.25, -0.2) is 0 Å². The molecule has 160 valence electrons. The van der Waals surface area contributed by atoms with Crippen molar-refractivity contribution in [1.82, 2.24) is 10.2 Å². The number of nitrogens with zero attached hydrogens (tertiary/aromatic N) is 4. The molecule has 1 N–H and O–H groups in total. The van der Waals surface area contributed by atoms with Crippen LogP contribution in [0.3, 0.4) is 0 Å². The number of anilines is 1. The molecule has 31 heavy (non-hydrogen) atoms. The van der Waals surface area contributed by atoms with Crippen LogP contribution in [0.15, 0.2) is 52.1 Å². The van der Waals surface area contributed by atoms with Crippen molar-refractivity contribution in [2.24, 2.45) is 0 Å². The highest BCUT2D eigenvalue weighted by atomic mass is 32.2. The van der Waals surface area contributed by atoms with Gasteiger partial charge in [0.2, 0.25) is 5.91 Å². The van der Waals surface area contributed by atoms with Crippen molar-refractivity contribution in [3.05, 3.63) is 62.7 Å². The lowest BCUT2D eigenvalue weighted by Gasteiger charge is -2.07. The quantitative estimate of drug-likeness (QED) is 0.292. The van der Waals surface area contributed by atoms with E-state index in [2.05, 4.69) is 15.5 Å². The van der Waals surface area contributed by atoms with Crippen molar-refractivity contribution in [3.8, 4) is 17.2 Å². The topological polar surface area (TPSA) is 164 Å². The van der Waals surface area contributed by atoms with Crippen molar-refractivity contribution < 1.29 is 23.8 Å². The summed E-state index contributed by atoms with van der Waals surface area (Å²) < 4.78 is 10.6. The van der Waals surface area contributed by atoms with E-state index in [-0.39, 0.29) is 39.5 Å². The molecule has 13 heteroatoms.